The molecule has 0 aliphatic carbocycles. The summed E-state index contributed by atoms with van der Waals surface area (Å²) in [6.07, 6.45) is 3.23. The number of nitrogens with one attached hydrogen (secondary N) is 1. The monoisotopic (exact) mass is 431 g/mol. The van der Waals surface area contributed by atoms with Gasteiger partial charge in [-0.15, -0.1) is 0 Å². The molecule has 0 bridgehead atoms. The lowest BCUT2D eigenvalue weighted by Crippen LogP contribution is -2.55. The van der Waals surface area contributed by atoms with Crippen molar-refractivity contribution in [1.82, 2.24) is 29.6 Å². The number of aryl methyl sites for hydroxylation is 1. The molecule has 0 unspecified atom stereocenters. The molecule has 158 valence electrons. The van der Waals surface area contributed by atoms with E-state index in [4.69, 9.17) is 22.1 Å². The number of halogens is 1. The molecular formula is C18H22ClN9O2. The van der Waals surface area contributed by atoms with E-state index in [0.717, 1.165) is 11.2 Å². The number of anilines is 3. The Morgan fingerprint density at radius 3 is 2.83 bits per heavy atom. The van der Waals surface area contributed by atoms with Crippen LogP contribution in [0.15, 0.2) is 18.5 Å². The minimum absolute atomic E-state index is 0.00139. The van der Waals surface area contributed by atoms with Crippen molar-refractivity contribution in [2.45, 2.75) is 13.0 Å². The van der Waals surface area contributed by atoms with Crippen LogP contribution >= 0.6 is 11.6 Å². The fourth-order valence-corrected chi connectivity index (χ4v) is 3.71. The summed E-state index contributed by atoms with van der Waals surface area (Å²) in [5.41, 5.74) is 6.58. The maximum Gasteiger partial charge on any atom is 0.323 e. The minimum Gasteiger partial charge on any atom is -0.495 e. The lowest BCUT2D eigenvalue weighted by molar-refractivity contribution is 0.200. The molecule has 3 aromatic heterocycles. The molecule has 0 aromatic carbocycles. The summed E-state index contributed by atoms with van der Waals surface area (Å²) in [7, 11) is 3.33. The second kappa shape index (κ2) is 7.82. The molecule has 1 saturated heterocycles. The number of aromatic nitrogens is 5. The molecule has 1 aliphatic rings. The second-order valence-corrected chi connectivity index (χ2v) is 7.44. The number of carbonyl (C=O) groups is 1. The first kappa shape index (κ1) is 20.0. The van der Waals surface area contributed by atoms with Crippen molar-refractivity contribution in [2.75, 3.05) is 42.7 Å². The highest BCUT2D eigenvalue weighted by molar-refractivity contribution is 6.33. The molecule has 2 amide bonds. The highest BCUT2D eigenvalue weighted by Gasteiger charge is 2.30. The zero-order chi connectivity index (χ0) is 21.4. The SMILES string of the molecule is COc1cnc(NC(=O)N2CCN(c3nc(N)nc4c3cnn4C)[C@@H](C)C2)c(Cl)c1. The summed E-state index contributed by atoms with van der Waals surface area (Å²) in [5.74, 6) is 1.72. The van der Waals surface area contributed by atoms with Crippen molar-refractivity contribution in [3.63, 3.8) is 0 Å². The van der Waals surface area contributed by atoms with Gasteiger partial charge in [-0.2, -0.15) is 15.1 Å². The number of amides is 2. The molecule has 1 fully saturated rings. The number of nitrogens with two attached hydrogens (primary N) is 1. The van der Waals surface area contributed by atoms with E-state index >= 15 is 0 Å². The molecule has 0 saturated carbocycles. The molecule has 30 heavy (non-hydrogen) atoms. The Morgan fingerprint density at radius 1 is 1.33 bits per heavy atom. The molecule has 0 radical (unpaired) electrons. The van der Waals surface area contributed by atoms with Gasteiger partial charge in [0.15, 0.2) is 11.5 Å². The summed E-state index contributed by atoms with van der Waals surface area (Å²) in [5, 5.41) is 8.15. The molecule has 11 nitrogen and oxygen atoms in total. The van der Waals surface area contributed by atoms with Crippen molar-refractivity contribution >= 4 is 46.2 Å². The molecule has 4 heterocycles. The maximum absolute atomic E-state index is 12.7. The lowest BCUT2D eigenvalue weighted by Gasteiger charge is -2.40. The number of hydrogen-bond donors (Lipinski definition) is 2. The summed E-state index contributed by atoms with van der Waals surface area (Å²) in [6.45, 7) is 3.60. The largest absolute Gasteiger partial charge is 0.495 e. The molecule has 0 spiro atoms. The van der Waals surface area contributed by atoms with E-state index in [0.29, 0.717) is 36.1 Å². The van der Waals surface area contributed by atoms with Crippen LogP contribution in [0.25, 0.3) is 11.0 Å². The van der Waals surface area contributed by atoms with Gasteiger partial charge in [0, 0.05) is 38.8 Å². The fourth-order valence-electron chi connectivity index (χ4n) is 3.50. The van der Waals surface area contributed by atoms with Crippen LogP contribution in [0.1, 0.15) is 6.92 Å². The van der Waals surface area contributed by atoms with Gasteiger partial charge in [0.05, 0.1) is 29.9 Å². The minimum atomic E-state index is -0.269. The highest BCUT2D eigenvalue weighted by atomic mass is 35.5. The Morgan fingerprint density at radius 2 is 2.13 bits per heavy atom. The Bertz CT molecular complexity index is 1100. The van der Waals surface area contributed by atoms with Gasteiger partial charge in [-0.25, -0.2) is 9.78 Å². The number of piperazine rings is 1. The molecule has 1 atom stereocenters. The maximum atomic E-state index is 12.7. The van der Waals surface area contributed by atoms with Crippen LogP contribution in [-0.2, 0) is 7.05 Å². The van der Waals surface area contributed by atoms with Crippen LogP contribution in [0.2, 0.25) is 5.02 Å². The Kier molecular flexibility index (Phi) is 5.20. The van der Waals surface area contributed by atoms with Crippen LogP contribution in [0.5, 0.6) is 5.75 Å². The molecule has 1 aliphatic heterocycles. The number of urea groups is 1. The number of nitrogen functional groups attached to an aromatic ring is 1. The Hall–Kier alpha value is -3.34. The summed E-state index contributed by atoms with van der Waals surface area (Å²) in [6, 6.07) is 1.33. The number of hydrogen-bond acceptors (Lipinski definition) is 8. The highest BCUT2D eigenvalue weighted by Crippen LogP contribution is 2.28. The van der Waals surface area contributed by atoms with Crippen LogP contribution in [0.4, 0.5) is 22.4 Å². The van der Waals surface area contributed by atoms with Crippen molar-refractivity contribution in [3.05, 3.63) is 23.5 Å². The quantitative estimate of drug-likeness (QED) is 0.641. The summed E-state index contributed by atoms with van der Waals surface area (Å²) in [4.78, 5) is 29.4. The fraction of sp³-hybridized carbons (Fsp3) is 0.389. The van der Waals surface area contributed by atoms with Gasteiger partial charge in [0.25, 0.3) is 0 Å². The van der Waals surface area contributed by atoms with E-state index in [-0.39, 0.29) is 23.8 Å². The van der Waals surface area contributed by atoms with Gasteiger partial charge in [0.1, 0.15) is 11.6 Å². The Balaban J connectivity index is 1.49. The summed E-state index contributed by atoms with van der Waals surface area (Å²) >= 11 is 6.18. The van der Waals surface area contributed by atoms with Gasteiger partial charge >= 0.3 is 6.03 Å². The number of nitrogens with zero attached hydrogens (tertiary/aromatic N) is 7. The molecule has 3 aromatic rings. The summed E-state index contributed by atoms with van der Waals surface area (Å²) < 4.78 is 6.74. The average Bonchev–Trinajstić information content (AvgIpc) is 3.09. The van der Waals surface area contributed by atoms with Crippen molar-refractivity contribution < 1.29 is 9.53 Å². The molecule has 3 N–H and O–H groups in total. The van der Waals surface area contributed by atoms with Crippen molar-refractivity contribution in [1.29, 1.82) is 0 Å². The standard InChI is InChI=1S/C18H22ClN9O2/c1-10-9-27(18(29)23-14-13(19)6-11(30-3)7-21-14)4-5-28(10)16-12-8-22-26(2)15(12)24-17(20)25-16/h6-8,10H,4-5,9H2,1-3H3,(H2,20,24,25)(H,21,23,29)/t10-/m0/s1. The number of pyridine rings is 1. The van der Waals surface area contributed by atoms with E-state index in [2.05, 4.69) is 30.3 Å². The first-order chi connectivity index (χ1) is 14.4. The molecule has 12 heteroatoms. The van der Waals surface area contributed by atoms with Crippen LogP contribution in [0.3, 0.4) is 0 Å². The van der Waals surface area contributed by atoms with E-state index in [1.54, 1.807) is 21.8 Å². The first-order valence-corrected chi connectivity index (χ1v) is 9.72. The second-order valence-electron chi connectivity index (χ2n) is 7.04. The Labute approximate surface area is 177 Å². The zero-order valence-corrected chi connectivity index (χ0v) is 17.6. The molecular weight excluding hydrogens is 410 g/mol. The van der Waals surface area contributed by atoms with E-state index < -0.39 is 0 Å². The third kappa shape index (κ3) is 3.63. The van der Waals surface area contributed by atoms with E-state index in [1.165, 1.54) is 13.3 Å². The van der Waals surface area contributed by atoms with Gasteiger partial charge in [0.2, 0.25) is 5.95 Å². The first-order valence-electron chi connectivity index (χ1n) is 9.34. The van der Waals surface area contributed by atoms with Crippen LogP contribution < -0.4 is 20.7 Å². The van der Waals surface area contributed by atoms with Crippen LogP contribution in [0, 0.1) is 0 Å². The number of fused-ring (bicyclic) bond motifs is 1. The molecule has 4 rings (SSSR count). The predicted octanol–water partition coefficient (Wildman–Crippen LogP) is 1.75. The number of methoxy groups -OCH3 is 1. The number of rotatable bonds is 3. The smallest absolute Gasteiger partial charge is 0.323 e. The van der Waals surface area contributed by atoms with Gasteiger partial charge in [-0.05, 0) is 6.92 Å². The topological polar surface area (TPSA) is 127 Å². The van der Waals surface area contributed by atoms with Gasteiger partial charge in [-0.1, -0.05) is 11.6 Å². The third-order valence-electron chi connectivity index (χ3n) is 5.05. The van der Waals surface area contributed by atoms with Crippen LogP contribution in [-0.4, -0.2) is 68.4 Å². The zero-order valence-electron chi connectivity index (χ0n) is 16.8. The normalized spacial score (nSPS) is 16.7. The number of carbonyl (C=O) groups excluding carboxylic acids is 1. The number of ether oxygens (including phenoxy) is 1. The average molecular weight is 432 g/mol. The van der Waals surface area contributed by atoms with E-state index in [1.807, 2.05) is 14.0 Å². The van der Waals surface area contributed by atoms with Gasteiger partial charge < -0.3 is 20.3 Å². The van der Waals surface area contributed by atoms with Crippen molar-refractivity contribution in [3.8, 4) is 5.75 Å². The predicted molar refractivity (Wildman–Crippen MR) is 114 cm³/mol. The van der Waals surface area contributed by atoms with E-state index in [9.17, 15) is 4.79 Å². The van der Waals surface area contributed by atoms with Gasteiger partial charge in [-0.3, -0.25) is 10.00 Å². The van der Waals surface area contributed by atoms with Crippen molar-refractivity contribution in [2.24, 2.45) is 7.05 Å². The lowest BCUT2D eigenvalue weighted by atomic mass is 10.2. The third-order valence-corrected chi connectivity index (χ3v) is 5.34.